The first-order valence-electron chi connectivity index (χ1n) is 14.3. The van der Waals surface area contributed by atoms with Gasteiger partial charge in [0.25, 0.3) is 0 Å². The van der Waals surface area contributed by atoms with E-state index >= 15 is 0 Å². The fourth-order valence-electron chi connectivity index (χ4n) is 5.82. The molecule has 0 bridgehead atoms. The van der Waals surface area contributed by atoms with Crippen molar-refractivity contribution in [3.8, 4) is 11.1 Å². The van der Waals surface area contributed by atoms with E-state index in [1.165, 1.54) is 18.7 Å². The molecule has 2 saturated heterocycles. The van der Waals surface area contributed by atoms with Gasteiger partial charge in [-0.3, -0.25) is 24.0 Å². The van der Waals surface area contributed by atoms with Crippen LogP contribution in [0.2, 0.25) is 0 Å². The molecule has 11 heteroatoms. The smallest absolute Gasteiger partial charge is 0.246 e. The van der Waals surface area contributed by atoms with Gasteiger partial charge in [-0.25, -0.2) is 0 Å². The molecule has 0 aromatic heterocycles. The zero-order valence-electron chi connectivity index (χ0n) is 24.0. The molecule has 11 nitrogen and oxygen atoms in total. The Morgan fingerprint density at radius 2 is 1.55 bits per heavy atom. The predicted octanol–water partition coefficient (Wildman–Crippen LogP) is 0.591. The Hall–Kier alpha value is -4.25. The molecule has 5 amide bonds. The minimum Gasteiger partial charge on any atom is -0.391 e. The number of aliphatic hydroxyl groups excluding tert-OH is 1. The molecule has 0 saturated carbocycles. The summed E-state index contributed by atoms with van der Waals surface area (Å²) in [4.78, 5) is 66.3. The Bertz CT molecular complexity index is 1290. The number of likely N-dealkylation sites (tertiary alicyclic amines) is 2. The summed E-state index contributed by atoms with van der Waals surface area (Å²) in [5.41, 5.74) is 8.50. The molecule has 0 aliphatic carbocycles. The number of carbonyl (C=O) groups excluding carboxylic acids is 5. The molecule has 4 atom stereocenters. The van der Waals surface area contributed by atoms with Gasteiger partial charge in [0.05, 0.1) is 6.10 Å². The molecule has 4 rings (SSSR count). The number of aliphatic hydroxyl groups is 1. The molecule has 0 spiro atoms. The Balaban J connectivity index is 1.45. The van der Waals surface area contributed by atoms with Crippen molar-refractivity contribution in [2.45, 2.75) is 63.8 Å². The third-order valence-corrected chi connectivity index (χ3v) is 8.11. The number of piperidine rings is 1. The second-order valence-corrected chi connectivity index (χ2v) is 11.1. The van der Waals surface area contributed by atoms with Gasteiger partial charge in [0.15, 0.2) is 0 Å². The molecule has 42 heavy (non-hydrogen) atoms. The molecule has 2 aliphatic rings. The van der Waals surface area contributed by atoms with Gasteiger partial charge in [-0.2, -0.15) is 0 Å². The minimum absolute atomic E-state index is 0.00952. The van der Waals surface area contributed by atoms with Crippen LogP contribution in [-0.2, 0) is 30.4 Å². The van der Waals surface area contributed by atoms with Gasteiger partial charge in [-0.1, -0.05) is 54.6 Å². The first-order valence-corrected chi connectivity index (χ1v) is 14.3. The van der Waals surface area contributed by atoms with E-state index in [-0.39, 0.29) is 31.2 Å². The van der Waals surface area contributed by atoms with Crippen LogP contribution in [0.25, 0.3) is 11.1 Å². The Morgan fingerprint density at radius 3 is 2.12 bits per heavy atom. The van der Waals surface area contributed by atoms with Crippen molar-refractivity contribution in [1.82, 2.24) is 20.4 Å². The lowest BCUT2D eigenvalue weighted by Gasteiger charge is -2.37. The van der Waals surface area contributed by atoms with Crippen LogP contribution < -0.4 is 16.4 Å². The fourth-order valence-corrected chi connectivity index (χ4v) is 5.82. The number of carbonyl (C=O) groups is 5. The van der Waals surface area contributed by atoms with Crippen LogP contribution in [0.15, 0.2) is 54.6 Å². The second kappa shape index (κ2) is 13.6. The molecule has 224 valence electrons. The quantitative estimate of drug-likeness (QED) is 0.341. The molecule has 5 N–H and O–H groups in total. The number of nitrogens with one attached hydrogen (secondary N) is 2. The fraction of sp³-hybridized carbons (Fsp3) is 0.452. The van der Waals surface area contributed by atoms with E-state index < -0.39 is 47.9 Å². The van der Waals surface area contributed by atoms with Gasteiger partial charge in [0.2, 0.25) is 29.5 Å². The Labute approximate surface area is 245 Å². The number of hydrogen-bond acceptors (Lipinski definition) is 6. The lowest BCUT2D eigenvalue weighted by molar-refractivity contribution is -0.144. The van der Waals surface area contributed by atoms with Gasteiger partial charge in [0.1, 0.15) is 18.1 Å². The van der Waals surface area contributed by atoms with E-state index in [1.807, 2.05) is 54.6 Å². The van der Waals surface area contributed by atoms with E-state index in [0.29, 0.717) is 25.9 Å². The van der Waals surface area contributed by atoms with Gasteiger partial charge >= 0.3 is 0 Å². The average molecular weight is 578 g/mol. The number of β-amino-alcohol motifs (C(OH)–C–C–N with tert-alkyl or cyclic N) is 1. The molecule has 0 radical (unpaired) electrons. The molecule has 2 aromatic rings. The third kappa shape index (κ3) is 7.52. The van der Waals surface area contributed by atoms with Gasteiger partial charge in [-0.15, -0.1) is 0 Å². The number of benzene rings is 2. The maximum absolute atomic E-state index is 13.8. The number of amides is 5. The van der Waals surface area contributed by atoms with E-state index in [4.69, 9.17) is 5.73 Å². The van der Waals surface area contributed by atoms with Crippen LogP contribution >= 0.6 is 0 Å². The molecule has 2 heterocycles. The molecular formula is C31H39N5O6. The minimum atomic E-state index is -1.04. The first kappa shape index (κ1) is 30.7. The zero-order valence-corrected chi connectivity index (χ0v) is 24.0. The third-order valence-electron chi connectivity index (χ3n) is 8.11. The van der Waals surface area contributed by atoms with Crippen molar-refractivity contribution in [2.24, 2.45) is 11.7 Å². The van der Waals surface area contributed by atoms with Crippen molar-refractivity contribution in [2.75, 3.05) is 19.6 Å². The van der Waals surface area contributed by atoms with Crippen molar-refractivity contribution >= 4 is 29.5 Å². The second-order valence-electron chi connectivity index (χ2n) is 11.1. The number of hydrogen-bond donors (Lipinski definition) is 4. The van der Waals surface area contributed by atoms with Crippen LogP contribution in [0.4, 0.5) is 0 Å². The summed E-state index contributed by atoms with van der Waals surface area (Å²) >= 11 is 0. The topological polar surface area (TPSA) is 162 Å². The molecule has 2 aliphatic heterocycles. The average Bonchev–Trinajstić information content (AvgIpc) is 3.37. The van der Waals surface area contributed by atoms with E-state index in [1.54, 1.807) is 4.90 Å². The largest absolute Gasteiger partial charge is 0.391 e. The highest BCUT2D eigenvalue weighted by atomic mass is 16.3. The van der Waals surface area contributed by atoms with Crippen LogP contribution in [0.1, 0.15) is 38.7 Å². The summed E-state index contributed by atoms with van der Waals surface area (Å²) in [6, 6.07) is 14.5. The number of nitrogens with two attached hydrogens (primary N) is 1. The van der Waals surface area contributed by atoms with Gasteiger partial charge in [-0.05, 0) is 35.4 Å². The maximum atomic E-state index is 13.8. The normalized spacial score (nSPS) is 20.5. The highest BCUT2D eigenvalue weighted by molar-refractivity contribution is 5.94. The number of nitrogens with zero attached hydrogens (tertiary/aromatic N) is 2. The lowest BCUT2D eigenvalue weighted by atomic mass is 9.88. The first-order chi connectivity index (χ1) is 20.0. The summed E-state index contributed by atoms with van der Waals surface area (Å²) in [6.07, 6.45) is 0.222. The van der Waals surface area contributed by atoms with Crippen LogP contribution in [0.5, 0.6) is 0 Å². The number of primary amides is 1. The van der Waals surface area contributed by atoms with Crippen LogP contribution in [0, 0.1) is 5.92 Å². The van der Waals surface area contributed by atoms with Gasteiger partial charge < -0.3 is 31.3 Å². The van der Waals surface area contributed by atoms with Gasteiger partial charge in [0, 0.05) is 46.3 Å². The Kier molecular flexibility index (Phi) is 9.95. The standard InChI is InChI=1S/C31H39N5O6/c1-19(37)33-28(24-12-14-35(15-13-24)20(2)38)31(42)36-18-25(39)17-27(36)30(41)34-26(29(32)40)16-21-8-10-23(11-9-21)22-6-4-3-5-7-22/h3-11,24-28,39H,12-18H2,1-2H3,(H2,32,40)(H,33,37)(H,34,41)/t25-,26-,27+,28+/m1/s1. The zero-order chi connectivity index (χ0) is 30.4. The van der Waals surface area contributed by atoms with Crippen LogP contribution in [0.3, 0.4) is 0 Å². The summed E-state index contributed by atoms with van der Waals surface area (Å²) in [7, 11) is 0. The Morgan fingerprint density at radius 1 is 0.929 bits per heavy atom. The molecule has 2 fully saturated rings. The summed E-state index contributed by atoms with van der Waals surface area (Å²) in [5, 5.41) is 15.9. The van der Waals surface area contributed by atoms with Crippen molar-refractivity contribution in [3.05, 3.63) is 60.2 Å². The molecular weight excluding hydrogens is 538 g/mol. The highest BCUT2D eigenvalue weighted by Crippen LogP contribution is 2.26. The molecule has 0 unspecified atom stereocenters. The monoisotopic (exact) mass is 577 g/mol. The van der Waals surface area contributed by atoms with Crippen LogP contribution in [-0.4, -0.2) is 88.3 Å². The maximum Gasteiger partial charge on any atom is 0.246 e. The summed E-state index contributed by atoms with van der Waals surface area (Å²) < 4.78 is 0. The SMILES string of the molecule is CC(=O)N[C@H](C(=O)N1C[C@H](O)C[C@H]1C(=O)N[C@H](Cc1ccc(-c2ccccc2)cc1)C(N)=O)C1CCN(C(C)=O)CC1. The van der Waals surface area contributed by atoms with Crippen molar-refractivity contribution < 1.29 is 29.1 Å². The lowest BCUT2D eigenvalue weighted by Crippen LogP contribution is -2.58. The van der Waals surface area contributed by atoms with E-state index in [2.05, 4.69) is 10.6 Å². The van der Waals surface area contributed by atoms with E-state index in [9.17, 15) is 29.1 Å². The number of rotatable bonds is 9. The van der Waals surface area contributed by atoms with E-state index in [0.717, 1.165) is 16.7 Å². The summed E-state index contributed by atoms with van der Waals surface area (Å²) in [5.74, 6) is -2.48. The van der Waals surface area contributed by atoms with Crippen molar-refractivity contribution in [3.63, 3.8) is 0 Å². The summed E-state index contributed by atoms with van der Waals surface area (Å²) in [6.45, 7) is 3.65. The highest BCUT2D eigenvalue weighted by Gasteiger charge is 2.44. The van der Waals surface area contributed by atoms with Crippen molar-refractivity contribution in [1.29, 1.82) is 0 Å². The molecule has 2 aromatic carbocycles. The predicted molar refractivity (Wildman–Crippen MR) is 155 cm³/mol.